The summed E-state index contributed by atoms with van der Waals surface area (Å²) in [5.41, 5.74) is 2.04. The van der Waals surface area contributed by atoms with E-state index in [4.69, 9.17) is 4.74 Å². The molecule has 3 saturated carbocycles. The van der Waals surface area contributed by atoms with Gasteiger partial charge in [-0.15, -0.1) is 0 Å². The molecule has 0 aromatic rings. The van der Waals surface area contributed by atoms with Gasteiger partial charge in [0.05, 0.1) is 0 Å². The fourth-order valence-electron chi connectivity index (χ4n) is 6.70. The van der Waals surface area contributed by atoms with E-state index in [1.54, 1.807) is 0 Å². The molecule has 0 spiro atoms. The molecule has 0 aromatic heterocycles. The number of rotatable bonds is 2. The molecule has 3 fully saturated rings. The first-order valence-electron chi connectivity index (χ1n) is 9.99. The SMILES string of the molecule is C=C1C[C@]2(CC)C(=O)C[C@H](OC(C)=O)[C@H]2[C@@H]2CCC3=CC(=O)CC[C@@H]3[C@@H]12. The van der Waals surface area contributed by atoms with Crippen LogP contribution >= 0.6 is 0 Å². The zero-order chi connectivity index (χ0) is 18.6. The van der Waals surface area contributed by atoms with Gasteiger partial charge in [-0.25, -0.2) is 0 Å². The van der Waals surface area contributed by atoms with E-state index in [0.29, 0.717) is 37.0 Å². The zero-order valence-corrected chi connectivity index (χ0v) is 15.8. The van der Waals surface area contributed by atoms with E-state index in [1.165, 1.54) is 18.1 Å². The van der Waals surface area contributed by atoms with Crippen LogP contribution in [0.15, 0.2) is 23.8 Å². The Bertz CT molecular complexity index is 718. The monoisotopic (exact) mass is 356 g/mol. The molecular weight excluding hydrogens is 328 g/mol. The van der Waals surface area contributed by atoms with Crippen LogP contribution in [0.3, 0.4) is 0 Å². The average molecular weight is 356 g/mol. The predicted molar refractivity (Wildman–Crippen MR) is 97.2 cm³/mol. The summed E-state index contributed by atoms with van der Waals surface area (Å²) in [5.74, 6) is 1.30. The van der Waals surface area contributed by atoms with E-state index >= 15 is 0 Å². The predicted octanol–water partition coefficient (Wildman–Crippen LogP) is 3.80. The number of fused-ring (bicyclic) bond motifs is 5. The van der Waals surface area contributed by atoms with Gasteiger partial charge in [-0.3, -0.25) is 14.4 Å². The van der Waals surface area contributed by atoms with Gasteiger partial charge >= 0.3 is 5.97 Å². The van der Waals surface area contributed by atoms with Crippen molar-refractivity contribution in [1.29, 1.82) is 0 Å². The Balaban J connectivity index is 1.74. The normalized spacial score (nSPS) is 41.8. The van der Waals surface area contributed by atoms with E-state index in [2.05, 4.69) is 13.5 Å². The molecule has 0 bridgehead atoms. The number of carbonyl (C=O) groups is 3. The van der Waals surface area contributed by atoms with Crippen LogP contribution in [0.4, 0.5) is 0 Å². The maximum Gasteiger partial charge on any atom is 0.302 e. The molecule has 6 atom stereocenters. The number of hydrogen-bond donors (Lipinski definition) is 0. The van der Waals surface area contributed by atoms with Crippen LogP contribution in [0.5, 0.6) is 0 Å². The Morgan fingerprint density at radius 3 is 2.77 bits per heavy atom. The van der Waals surface area contributed by atoms with E-state index in [9.17, 15) is 14.4 Å². The number of Topliss-reactive ketones (excluding diaryl/α,β-unsaturated/α-hetero) is 1. The van der Waals surface area contributed by atoms with Crippen LogP contribution in [0, 0.1) is 29.1 Å². The summed E-state index contributed by atoms with van der Waals surface area (Å²) in [6, 6.07) is 0. The molecule has 4 rings (SSSR count). The molecule has 140 valence electrons. The molecular formula is C22H28O4. The fraction of sp³-hybridized carbons (Fsp3) is 0.682. The molecule has 4 nitrogen and oxygen atoms in total. The molecule has 0 amide bonds. The Labute approximate surface area is 155 Å². The van der Waals surface area contributed by atoms with Crippen molar-refractivity contribution in [2.24, 2.45) is 29.1 Å². The van der Waals surface area contributed by atoms with Crippen LogP contribution in [0.25, 0.3) is 0 Å². The minimum atomic E-state index is -0.413. The minimum Gasteiger partial charge on any atom is -0.462 e. The van der Waals surface area contributed by atoms with Crippen molar-refractivity contribution in [3.05, 3.63) is 23.8 Å². The van der Waals surface area contributed by atoms with Crippen molar-refractivity contribution < 1.29 is 19.1 Å². The Hall–Kier alpha value is -1.71. The van der Waals surface area contributed by atoms with Crippen LogP contribution in [0.2, 0.25) is 0 Å². The van der Waals surface area contributed by atoms with Gasteiger partial charge in [-0.1, -0.05) is 24.6 Å². The molecule has 26 heavy (non-hydrogen) atoms. The van der Waals surface area contributed by atoms with Gasteiger partial charge in [0.2, 0.25) is 0 Å². The second kappa shape index (κ2) is 6.17. The first kappa shape index (κ1) is 17.7. The number of hydrogen-bond acceptors (Lipinski definition) is 4. The van der Waals surface area contributed by atoms with Crippen LogP contribution < -0.4 is 0 Å². The summed E-state index contributed by atoms with van der Waals surface area (Å²) in [4.78, 5) is 36.5. The van der Waals surface area contributed by atoms with Gasteiger partial charge in [-0.2, -0.15) is 0 Å². The van der Waals surface area contributed by atoms with Crippen molar-refractivity contribution >= 4 is 17.5 Å². The number of ether oxygens (including phenoxy) is 1. The highest BCUT2D eigenvalue weighted by Gasteiger charge is 2.63. The number of carbonyl (C=O) groups excluding carboxylic acids is 3. The molecule has 0 unspecified atom stereocenters. The van der Waals surface area contributed by atoms with E-state index in [0.717, 1.165) is 25.7 Å². The topological polar surface area (TPSA) is 60.4 Å². The molecule has 0 saturated heterocycles. The lowest BCUT2D eigenvalue weighted by Crippen LogP contribution is -2.51. The lowest BCUT2D eigenvalue weighted by atomic mass is 9.49. The van der Waals surface area contributed by atoms with Crippen molar-refractivity contribution in [1.82, 2.24) is 0 Å². The third kappa shape index (κ3) is 2.44. The van der Waals surface area contributed by atoms with Crippen LogP contribution in [0.1, 0.15) is 58.8 Å². The van der Waals surface area contributed by atoms with Crippen LogP contribution in [-0.4, -0.2) is 23.6 Å². The molecule has 0 aromatic carbocycles. The van der Waals surface area contributed by atoms with Crippen LogP contribution in [-0.2, 0) is 19.1 Å². The van der Waals surface area contributed by atoms with E-state index in [1.807, 2.05) is 6.08 Å². The lowest BCUT2D eigenvalue weighted by molar-refractivity contribution is -0.153. The summed E-state index contributed by atoms with van der Waals surface area (Å²) < 4.78 is 5.66. The zero-order valence-electron chi connectivity index (χ0n) is 15.8. The summed E-state index contributed by atoms with van der Waals surface area (Å²) >= 11 is 0. The molecule has 0 aliphatic heterocycles. The standard InChI is InChI=1S/C22H28O4/c1-4-22-11-12(2)20-16-8-6-15(24)9-14(16)5-7-17(20)21(22)18(10-19(22)25)26-13(3)23/h9,16-18,20-21H,2,4-8,10-11H2,1,3H3/t16-,17+,18-,20+,21+,22+/m0/s1. The van der Waals surface area contributed by atoms with Gasteiger partial charge < -0.3 is 4.74 Å². The van der Waals surface area contributed by atoms with Crippen molar-refractivity contribution in [3.63, 3.8) is 0 Å². The van der Waals surface area contributed by atoms with Gasteiger partial charge in [0.25, 0.3) is 0 Å². The van der Waals surface area contributed by atoms with E-state index in [-0.39, 0.29) is 29.6 Å². The average Bonchev–Trinajstić information content (AvgIpc) is 2.85. The highest BCUT2D eigenvalue weighted by molar-refractivity contribution is 5.91. The quantitative estimate of drug-likeness (QED) is 0.558. The summed E-state index contributed by atoms with van der Waals surface area (Å²) in [5, 5.41) is 0. The third-order valence-electron chi connectivity index (χ3n) is 7.59. The van der Waals surface area contributed by atoms with Gasteiger partial charge in [0.1, 0.15) is 11.9 Å². The third-order valence-corrected chi connectivity index (χ3v) is 7.59. The molecule has 4 aliphatic carbocycles. The van der Waals surface area contributed by atoms with E-state index < -0.39 is 5.41 Å². The van der Waals surface area contributed by atoms with Crippen molar-refractivity contribution in [3.8, 4) is 0 Å². The fourth-order valence-corrected chi connectivity index (χ4v) is 6.70. The second-order valence-corrected chi connectivity index (χ2v) is 8.70. The largest absolute Gasteiger partial charge is 0.462 e. The Kier molecular flexibility index (Phi) is 4.20. The first-order chi connectivity index (χ1) is 12.4. The number of allylic oxidation sites excluding steroid dienone is 2. The highest BCUT2D eigenvalue weighted by Crippen LogP contribution is 2.63. The maximum atomic E-state index is 13.0. The second-order valence-electron chi connectivity index (χ2n) is 8.70. The van der Waals surface area contributed by atoms with Gasteiger partial charge in [0.15, 0.2) is 5.78 Å². The smallest absolute Gasteiger partial charge is 0.302 e. The maximum absolute atomic E-state index is 13.0. The van der Waals surface area contributed by atoms with Gasteiger partial charge in [0, 0.05) is 31.1 Å². The number of esters is 1. The minimum absolute atomic E-state index is 0.0959. The van der Waals surface area contributed by atoms with Crippen molar-refractivity contribution in [2.45, 2.75) is 64.9 Å². The summed E-state index contributed by atoms with van der Waals surface area (Å²) in [6.07, 6.45) is 6.79. The molecule has 0 heterocycles. The van der Waals surface area contributed by atoms with Gasteiger partial charge in [-0.05, 0) is 55.9 Å². The lowest BCUT2D eigenvalue weighted by Gasteiger charge is -2.54. The molecule has 0 N–H and O–H groups in total. The summed E-state index contributed by atoms with van der Waals surface area (Å²) in [7, 11) is 0. The number of ketones is 2. The molecule has 0 radical (unpaired) electrons. The molecule has 4 aliphatic rings. The van der Waals surface area contributed by atoms with Crippen molar-refractivity contribution in [2.75, 3.05) is 0 Å². The first-order valence-corrected chi connectivity index (χ1v) is 9.99. The Morgan fingerprint density at radius 1 is 1.31 bits per heavy atom. The summed E-state index contributed by atoms with van der Waals surface area (Å²) in [6.45, 7) is 7.93. The molecule has 4 heteroatoms. The Morgan fingerprint density at radius 2 is 2.08 bits per heavy atom. The highest BCUT2D eigenvalue weighted by atomic mass is 16.5.